The minimum atomic E-state index is 0.631. The van der Waals surface area contributed by atoms with Crippen LogP contribution < -0.4 is 0 Å². The van der Waals surface area contributed by atoms with Crippen molar-refractivity contribution in [3.8, 4) is 0 Å². The second-order valence-electron chi connectivity index (χ2n) is 5.78. The molecule has 1 unspecified atom stereocenters. The van der Waals surface area contributed by atoms with Gasteiger partial charge >= 0.3 is 0 Å². The Kier molecular flexibility index (Phi) is 4.39. The minimum Gasteiger partial charge on any atom is -0.349 e. The van der Waals surface area contributed by atoms with Gasteiger partial charge in [-0.1, -0.05) is 38.0 Å². The zero-order valence-electron chi connectivity index (χ0n) is 12.6. The summed E-state index contributed by atoms with van der Waals surface area (Å²) in [6.45, 7) is 3.32. The smallest absolute Gasteiger partial charge is 0.106 e. The van der Waals surface area contributed by atoms with Crippen LogP contribution >= 0.6 is 0 Å². The topological polar surface area (TPSA) is 33.6 Å². The number of nitrogens with zero attached hydrogens (tertiary/aromatic N) is 2. The first-order valence-corrected chi connectivity index (χ1v) is 7.89. The molecule has 2 aromatic heterocycles. The Labute approximate surface area is 126 Å². The second kappa shape index (κ2) is 6.61. The number of fused-ring (bicyclic) bond motifs is 1. The first-order chi connectivity index (χ1) is 10.4. The first kappa shape index (κ1) is 13.9. The molecule has 3 aromatic rings. The van der Waals surface area contributed by atoms with Crippen molar-refractivity contribution >= 4 is 10.9 Å². The summed E-state index contributed by atoms with van der Waals surface area (Å²) in [7, 11) is 0. The number of aromatic amines is 1. The molecule has 3 nitrogen and oxygen atoms in total. The number of hydrogen-bond acceptors (Lipinski definition) is 1. The van der Waals surface area contributed by atoms with Crippen molar-refractivity contribution in [3.63, 3.8) is 0 Å². The van der Waals surface area contributed by atoms with E-state index in [2.05, 4.69) is 58.0 Å². The normalized spacial score (nSPS) is 12.8. The molecule has 0 saturated heterocycles. The van der Waals surface area contributed by atoms with Crippen LogP contribution in [-0.2, 0) is 13.0 Å². The number of H-pyrrole nitrogens is 1. The van der Waals surface area contributed by atoms with Gasteiger partial charge in [0.25, 0.3) is 0 Å². The van der Waals surface area contributed by atoms with Gasteiger partial charge in [-0.2, -0.15) is 0 Å². The number of para-hydroxylation sites is 1. The third-order valence-corrected chi connectivity index (χ3v) is 4.14. The van der Waals surface area contributed by atoms with Gasteiger partial charge in [-0.25, -0.2) is 4.98 Å². The van der Waals surface area contributed by atoms with Crippen molar-refractivity contribution < 1.29 is 0 Å². The summed E-state index contributed by atoms with van der Waals surface area (Å²) < 4.78 is 2.39. The van der Waals surface area contributed by atoms with E-state index >= 15 is 0 Å². The Hall–Kier alpha value is -2.03. The maximum absolute atomic E-state index is 4.39. The number of benzene rings is 1. The first-order valence-electron chi connectivity index (χ1n) is 7.89. The van der Waals surface area contributed by atoms with Crippen LogP contribution in [0.5, 0.6) is 0 Å². The van der Waals surface area contributed by atoms with E-state index in [1.165, 1.54) is 30.2 Å². The number of aromatic nitrogens is 3. The number of unbranched alkanes of at least 4 members (excludes halogenated alkanes) is 1. The molecular weight excluding hydrogens is 258 g/mol. The second-order valence-corrected chi connectivity index (χ2v) is 5.78. The monoisotopic (exact) mass is 281 g/mol. The zero-order chi connectivity index (χ0) is 14.5. The maximum atomic E-state index is 4.39. The minimum absolute atomic E-state index is 0.631. The van der Waals surface area contributed by atoms with E-state index < -0.39 is 0 Å². The molecule has 0 radical (unpaired) electrons. The lowest BCUT2D eigenvalue weighted by Crippen LogP contribution is -2.14. The molecule has 3 heteroatoms. The molecule has 0 aliphatic heterocycles. The van der Waals surface area contributed by atoms with Gasteiger partial charge in [0, 0.05) is 37.1 Å². The predicted octanol–water partition coefficient (Wildman–Crippen LogP) is 4.41. The molecule has 0 bridgehead atoms. The number of nitrogens with one attached hydrogen (secondary N) is 1. The highest BCUT2D eigenvalue weighted by molar-refractivity contribution is 5.79. The van der Waals surface area contributed by atoms with E-state index in [0.29, 0.717) is 5.92 Å². The van der Waals surface area contributed by atoms with Crippen LogP contribution in [0.4, 0.5) is 0 Å². The highest BCUT2D eigenvalue weighted by Crippen LogP contribution is 2.21. The van der Waals surface area contributed by atoms with E-state index in [1.807, 2.05) is 12.4 Å². The summed E-state index contributed by atoms with van der Waals surface area (Å²) in [6.07, 6.45) is 10.8. The maximum Gasteiger partial charge on any atom is 0.106 e. The van der Waals surface area contributed by atoms with Crippen LogP contribution in [0.1, 0.15) is 32.0 Å². The van der Waals surface area contributed by atoms with Gasteiger partial charge in [0.05, 0.1) is 0 Å². The van der Waals surface area contributed by atoms with E-state index in [4.69, 9.17) is 0 Å². The number of hydrogen-bond donors (Lipinski definition) is 1. The van der Waals surface area contributed by atoms with Crippen molar-refractivity contribution in [3.05, 3.63) is 54.7 Å². The largest absolute Gasteiger partial charge is 0.349 e. The summed E-state index contributed by atoms with van der Waals surface area (Å²) >= 11 is 0. The van der Waals surface area contributed by atoms with Crippen LogP contribution in [-0.4, -0.2) is 14.5 Å². The highest BCUT2D eigenvalue weighted by Gasteiger charge is 2.13. The van der Waals surface area contributed by atoms with Gasteiger partial charge in [-0.15, -0.1) is 0 Å². The molecule has 0 fully saturated rings. The molecule has 0 saturated carbocycles. The number of imidazole rings is 1. The Balaban J connectivity index is 1.76. The van der Waals surface area contributed by atoms with Gasteiger partial charge in [0.15, 0.2) is 0 Å². The fraction of sp³-hybridized carbons (Fsp3) is 0.389. The summed E-state index contributed by atoms with van der Waals surface area (Å²) in [5.74, 6) is 1.74. The fourth-order valence-corrected chi connectivity index (χ4v) is 3.01. The Bertz CT molecular complexity index is 667. The predicted molar refractivity (Wildman–Crippen MR) is 87.2 cm³/mol. The Morgan fingerprint density at radius 3 is 2.95 bits per heavy atom. The SMILES string of the molecule is CCCCC(Cc1ncc[nH]1)Cn1ccc2ccccc21. The van der Waals surface area contributed by atoms with Gasteiger partial charge in [-0.3, -0.25) is 0 Å². The average molecular weight is 281 g/mol. The Morgan fingerprint density at radius 2 is 2.14 bits per heavy atom. The molecular formula is C18H23N3. The highest BCUT2D eigenvalue weighted by atomic mass is 15.0. The summed E-state index contributed by atoms with van der Waals surface area (Å²) in [5.41, 5.74) is 1.33. The van der Waals surface area contributed by atoms with E-state index in [9.17, 15) is 0 Å². The summed E-state index contributed by atoms with van der Waals surface area (Å²) in [4.78, 5) is 7.63. The van der Waals surface area contributed by atoms with E-state index in [1.54, 1.807) is 0 Å². The van der Waals surface area contributed by atoms with Gasteiger partial charge in [-0.05, 0) is 29.9 Å². The van der Waals surface area contributed by atoms with Crippen LogP contribution in [0.25, 0.3) is 10.9 Å². The third-order valence-electron chi connectivity index (χ3n) is 4.14. The van der Waals surface area contributed by atoms with Crippen molar-refractivity contribution in [2.24, 2.45) is 5.92 Å². The lowest BCUT2D eigenvalue weighted by Gasteiger charge is -2.17. The van der Waals surface area contributed by atoms with Crippen molar-refractivity contribution in [1.82, 2.24) is 14.5 Å². The summed E-state index contributed by atoms with van der Waals surface area (Å²) in [5, 5.41) is 1.32. The quantitative estimate of drug-likeness (QED) is 0.683. The molecule has 3 rings (SSSR count). The lowest BCUT2D eigenvalue weighted by molar-refractivity contribution is 0.399. The molecule has 1 atom stereocenters. The van der Waals surface area contributed by atoms with Crippen molar-refractivity contribution in [1.29, 1.82) is 0 Å². The molecule has 0 aliphatic rings. The molecule has 21 heavy (non-hydrogen) atoms. The average Bonchev–Trinajstić information content (AvgIpc) is 3.15. The van der Waals surface area contributed by atoms with Crippen LogP contribution in [0.3, 0.4) is 0 Å². The standard InChI is InChI=1S/C18H23N3/c1-2-3-6-15(13-18-19-10-11-20-18)14-21-12-9-16-7-4-5-8-17(16)21/h4-5,7-12,15H,2-3,6,13-14H2,1H3,(H,19,20). The van der Waals surface area contributed by atoms with Crippen LogP contribution in [0.15, 0.2) is 48.9 Å². The molecule has 0 aliphatic carbocycles. The van der Waals surface area contributed by atoms with Gasteiger partial charge in [0.1, 0.15) is 5.82 Å². The molecule has 2 heterocycles. The molecule has 0 amide bonds. The van der Waals surface area contributed by atoms with E-state index in [-0.39, 0.29) is 0 Å². The molecule has 110 valence electrons. The third kappa shape index (κ3) is 3.35. The molecule has 0 spiro atoms. The van der Waals surface area contributed by atoms with Gasteiger partial charge < -0.3 is 9.55 Å². The van der Waals surface area contributed by atoms with Crippen molar-refractivity contribution in [2.75, 3.05) is 0 Å². The van der Waals surface area contributed by atoms with E-state index in [0.717, 1.165) is 18.8 Å². The molecule has 1 N–H and O–H groups in total. The number of rotatable bonds is 7. The zero-order valence-corrected chi connectivity index (χ0v) is 12.6. The van der Waals surface area contributed by atoms with Crippen LogP contribution in [0.2, 0.25) is 0 Å². The Morgan fingerprint density at radius 1 is 1.24 bits per heavy atom. The summed E-state index contributed by atoms with van der Waals surface area (Å²) in [6, 6.07) is 10.8. The van der Waals surface area contributed by atoms with Crippen LogP contribution in [0, 0.1) is 5.92 Å². The fourth-order valence-electron chi connectivity index (χ4n) is 3.01. The van der Waals surface area contributed by atoms with Gasteiger partial charge in [0.2, 0.25) is 0 Å². The van der Waals surface area contributed by atoms with Crippen molar-refractivity contribution in [2.45, 2.75) is 39.2 Å². The molecule has 1 aromatic carbocycles. The lowest BCUT2D eigenvalue weighted by atomic mass is 9.98.